The molecule has 9 heteroatoms. The third-order valence-electron chi connectivity index (χ3n) is 3.87. The van der Waals surface area contributed by atoms with Gasteiger partial charge in [-0.15, -0.1) is 0 Å². The first-order valence-corrected chi connectivity index (χ1v) is 7.53. The van der Waals surface area contributed by atoms with Crippen molar-refractivity contribution in [1.29, 1.82) is 0 Å². The number of aliphatic hydroxyl groups is 2. The smallest absolute Gasteiger partial charge is 0.338 e. The number of hydrogen-bond donors (Lipinski definition) is 3. The van der Waals surface area contributed by atoms with Crippen molar-refractivity contribution >= 4 is 5.97 Å². The van der Waals surface area contributed by atoms with Crippen molar-refractivity contribution in [3.63, 3.8) is 0 Å². The van der Waals surface area contributed by atoms with Gasteiger partial charge in [-0.25, -0.2) is 9.59 Å². The fourth-order valence-electron chi connectivity index (χ4n) is 2.64. The Labute approximate surface area is 141 Å². The van der Waals surface area contributed by atoms with Crippen LogP contribution in [0, 0.1) is 0 Å². The number of aromatic nitrogens is 2. The Morgan fingerprint density at radius 3 is 2.60 bits per heavy atom. The minimum atomic E-state index is -1.41. The highest BCUT2D eigenvalue weighted by molar-refractivity contribution is 5.89. The first-order chi connectivity index (χ1) is 12.0. The number of ether oxygens (including phenoxy) is 2. The largest absolute Gasteiger partial charge is 0.453 e. The van der Waals surface area contributed by atoms with Crippen LogP contribution in [-0.4, -0.2) is 50.7 Å². The highest BCUT2D eigenvalue weighted by Gasteiger charge is 2.47. The van der Waals surface area contributed by atoms with E-state index < -0.39 is 48.4 Å². The van der Waals surface area contributed by atoms with Crippen LogP contribution in [0.15, 0.2) is 52.2 Å². The summed E-state index contributed by atoms with van der Waals surface area (Å²) in [5.74, 6) is -0.693. The van der Waals surface area contributed by atoms with Gasteiger partial charge in [0, 0.05) is 12.3 Å². The summed E-state index contributed by atoms with van der Waals surface area (Å²) < 4.78 is 11.7. The molecule has 3 N–H and O–H groups in total. The first-order valence-electron chi connectivity index (χ1n) is 7.53. The van der Waals surface area contributed by atoms with Crippen LogP contribution in [0.1, 0.15) is 16.6 Å². The lowest BCUT2D eigenvalue weighted by molar-refractivity contribution is -0.0563. The third-order valence-corrected chi connectivity index (χ3v) is 3.87. The Kier molecular flexibility index (Phi) is 4.79. The number of nitrogens with one attached hydrogen (secondary N) is 1. The van der Waals surface area contributed by atoms with E-state index in [1.54, 1.807) is 30.3 Å². The topological polar surface area (TPSA) is 131 Å². The molecule has 9 nitrogen and oxygen atoms in total. The van der Waals surface area contributed by atoms with E-state index >= 15 is 0 Å². The lowest BCUT2D eigenvalue weighted by atomic mass is 10.1. The Balaban J connectivity index is 1.84. The van der Waals surface area contributed by atoms with Gasteiger partial charge in [-0.2, -0.15) is 0 Å². The van der Waals surface area contributed by atoms with Crippen molar-refractivity contribution in [1.82, 2.24) is 9.55 Å². The average Bonchev–Trinajstić information content (AvgIpc) is 2.92. The predicted molar refractivity (Wildman–Crippen MR) is 84.0 cm³/mol. The highest BCUT2D eigenvalue weighted by Crippen LogP contribution is 2.30. The van der Waals surface area contributed by atoms with Gasteiger partial charge in [0.1, 0.15) is 12.2 Å². The lowest BCUT2D eigenvalue weighted by Gasteiger charge is -2.20. The van der Waals surface area contributed by atoms with Crippen LogP contribution < -0.4 is 11.2 Å². The second-order valence-corrected chi connectivity index (χ2v) is 5.49. The third kappa shape index (κ3) is 3.38. The van der Waals surface area contributed by atoms with Gasteiger partial charge < -0.3 is 19.7 Å². The molecule has 2 heterocycles. The molecule has 0 bridgehead atoms. The maximum atomic E-state index is 12.2. The number of nitrogens with zero attached hydrogens (tertiary/aromatic N) is 1. The van der Waals surface area contributed by atoms with Crippen LogP contribution in [0.2, 0.25) is 0 Å². The Morgan fingerprint density at radius 1 is 1.24 bits per heavy atom. The fourth-order valence-corrected chi connectivity index (χ4v) is 2.64. The lowest BCUT2D eigenvalue weighted by Crippen LogP contribution is -2.40. The van der Waals surface area contributed by atoms with Crippen molar-refractivity contribution < 1.29 is 24.5 Å². The van der Waals surface area contributed by atoms with E-state index in [1.807, 2.05) is 4.98 Å². The summed E-state index contributed by atoms with van der Waals surface area (Å²) >= 11 is 0. The number of esters is 1. The molecule has 0 spiro atoms. The van der Waals surface area contributed by atoms with Gasteiger partial charge in [-0.1, -0.05) is 18.2 Å². The molecule has 25 heavy (non-hydrogen) atoms. The second kappa shape index (κ2) is 7.01. The molecule has 0 saturated carbocycles. The van der Waals surface area contributed by atoms with Gasteiger partial charge in [-0.3, -0.25) is 14.3 Å². The number of hydrogen-bond acceptors (Lipinski definition) is 7. The van der Waals surface area contributed by atoms with Gasteiger partial charge in [0.15, 0.2) is 12.3 Å². The molecule has 1 aromatic heterocycles. The zero-order valence-electron chi connectivity index (χ0n) is 12.9. The van der Waals surface area contributed by atoms with E-state index in [1.165, 1.54) is 0 Å². The van der Waals surface area contributed by atoms with E-state index in [-0.39, 0.29) is 5.56 Å². The van der Waals surface area contributed by atoms with Crippen LogP contribution in [0.4, 0.5) is 0 Å². The number of rotatable bonds is 4. The molecule has 1 aliphatic rings. The molecule has 1 aliphatic heterocycles. The molecule has 1 aromatic carbocycles. The van der Waals surface area contributed by atoms with Crippen molar-refractivity contribution in [2.45, 2.75) is 24.5 Å². The molecular weight excluding hydrogens is 332 g/mol. The molecule has 4 atom stereocenters. The Hall–Kier alpha value is -2.75. The summed E-state index contributed by atoms with van der Waals surface area (Å²) in [5.41, 5.74) is -1.11. The number of H-pyrrole nitrogens is 1. The molecule has 1 saturated heterocycles. The molecule has 0 radical (unpaired) electrons. The fraction of sp³-hybridized carbons (Fsp3) is 0.312. The summed E-state index contributed by atoms with van der Waals surface area (Å²) in [6, 6.07) is 9.23. The Bertz CT molecular complexity index is 861. The van der Waals surface area contributed by atoms with E-state index in [0.29, 0.717) is 0 Å². The summed E-state index contributed by atoms with van der Waals surface area (Å²) in [7, 11) is 0. The van der Waals surface area contributed by atoms with E-state index in [0.717, 1.165) is 16.8 Å². The molecular formula is C16H16N2O7. The van der Waals surface area contributed by atoms with Gasteiger partial charge >= 0.3 is 11.7 Å². The summed E-state index contributed by atoms with van der Waals surface area (Å²) in [5, 5.41) is 19.9. The monoisotopic (exact) mass is 348 g/mol. The van der Waals surface area contributed by atoms with E-state index in [4.69, 9.17) is 9.47 Å². The number of aromatic amines is 1. The van der Waals surface area contributed by atoms with E-state index in [9.17, 15) is 24.6 Å². The predicted octanol–water partition coefficient (Wildman–Crippen LogP) is -0.987. The number of benzene rings is 1. The van der Waals surface area contributed by atoms with Crippen molar-refractivity contribution in [3.8, 4) is 0 Å². The average molecular weight is 348 g/mol. The molecule has 1 fully saturated rings. The first kappa shape index (κ1) is 17.1. The van der Waals surface area contributed by atoms with Gasteiger partial charge in [0.05, 0.1) is 12.2 Å². The summed E-state index contributed by atoms with van der Waals surface area (Å²) in [6.07, 6.45) is -3.67. The van der Waals surface area contributed by atoms with Crippen LogP contribution in [0.3, 0.4) is 0 Å². The highest BCUT2D eigenvalue weighted by atomic mass is 16.6. The van der Waals surface area contributed by atoms with Gasteiger partial charge in [0.2, 0.25) is 0 Å². The molecule has 2 aromatic rings. The van der Waals surface area contributed by atoms with Crippen LogP contribution in [0.5, 0.6) is 0 Å². The molecule has 0 amide bonds. The number of carbonyl (C=O) groups is 1. The number of carbonyl (C=O) groups excluding carboxylic acids is 1. The SMILES string of the molecule is O=C(OC1C(O)[C@@H](n2ccc(=O)[nH]c2=O)O[C@H]1CO)c1ccccc1. The Morgan fingerprint density at radius 2 is 1.96 bits per heavy atom. The van der Waals surface area contributed by atoms with Crippen LogP contribution in [0.25, 0.3) is 0 Å². The maximum absolute atomic E-state index is 12.2. The zero-order chi connectivity index (χ0) is 18.0. The zero-order valence-corrected chi connectivity index (χ0v) is 12.9. The summed E-state index contributed by atoms with van der Waals surface area (Å²) in [4.78, 5) is 37.2. The standard InChI is InChI=1S/C16H16N2O7/c19-8-10-13(25-15(22)9-4-2-1-3-5-9)12(21)14(24-10)18-7-6-11(20)17-16(18)23/h1-7,10,12-14,19,21H,8H2,(H,17,20,23)/t10-,12?,13?,14-/m0/s1. The second-order valence-electron chi connectivity index (χ2n) is 5.49. The quantitative estimate of drug-likeness (QED) is 0.605. The van der Waals surface area contributed by atoms with Crippen molar-refractivity contribution in [3.05, 3.63) is 69.0 Å². The van der Waals surface area contributed by atoms with Crippen LogP contribution >= 0.6 is 0 Å². The number of aliphatic hydroxyl groups excluding tert-OH is 2. The minimum absolute atomic E-state index is 0.274. The van der Waals surface area contributed by atoms with Crippen LogP contribution in [-0.2, 0) is 9.47 Å². The van der Waals surface area contributed by atoms with Crippen molar-refractivity contribution in [2.75, 3.05) is 6.61 Å². The normalized spacial score (nSPS) is 25.7. The minimum Gasteiger partial charge on any atom is -0.453 e. The summed E-state index contributed by atoms with van der Waals surface area (Å²) in [6.45, 7) is -0.529. The van der Waals surface area contributed by atoms with Gasteiger partial charge in [0.25, 0.3) is 5.56 Å². The molecule has 132 valence electrons. The van der Waals surface area contributed by atoms with E-state index in [2.05, 4.69) is 0 Å². The molecule has 2 unspecified atom stereocenters. The maximum Gasteiger partial charge on any atom is 0.338 e. The van der Waals surface area contributed by atoms with Gasteiger partial charge in [-0.05, 0) is 12.1 Å². The molecule has 3 rings (SSSR count). The van der Waals surface area contributed by atoms with Crippen molar-refractivity contribution in [2.24, 2.45) is 0 Å². The molecule has 0 aliphatic carbocycles.